The molecular formula is C15H19BrClN3O. The van der Waals surface area contributed by atoms with Gasteiger partial charge in [0, 0.05) is 30.4 Å². The lowest BCUT2D eigenvalue weighted by Gasteiger charge is -2.10. The molecule has 114 valence electrons. The van der Waals surface area contributed by atoms with Crippen LogP contribution in [0.15, 0.2) is 28.9 Å². The molecule has 2 aromatic rings. The molecule has 0 saturated carbocycles. The van der Waals surface area contributed by atoms with E-state index in [0.717, 1.165) is 48.0 Å². The van der Waals surface area contributed by atoms with Gasteiger partial charge < -0.3 is 10.1 Å². The number of ether oxygens (including phenoxy) is 1. The van der Waals surface area contributed by atoms with Crippen molar-refractivity contribution in [3.8, 4) is 5.69 Å². The number of nitrogens with zero attached hydrogens (tertiary/aromatic N) is 2. The van der Waals surface area contributed by atoms with Gasteiger partial charge in [-0.25, -0.2) is 4.98 Å². The number of benzene rings is 1. The normalized spacial score (nSPS) is 10.9. The molecule has 0 atom stereocenters. The summed E-state index contributed by atoms with van der Waals surface area (Å²) in [4.78, 5) is 4.51. The smallest absolute Gasteiger partial charge is 0.207 e. The van der Waals surface area contributed by atoms with Crippen LogP contribution in [0.4, 0.5) is 5.95 Å². The number of hydrogen-bond acceptors (Lipinski definition) is 3. The second-order valence-corrected chi connectivity index (χ2v) is 5.91. The predicted octanol–water partition coefficient (Wildman–Crippen LogP) is 4.44. The van der Waals surface area contributed by atoms with Gasteiger partial charge >= 0.3 is 0 Å². The van der Waals surface area contributed by atoms with Crippen molar-refractivity contribution >= 4 is 33.5 Å². The van der Waals surface area contributed by atoms with Gasteiger partial charge in [-0.3, -0.25) is 4.57 Å². The maximum absolute atomic E-state index is 6.17. The topological polar surface area (TPSA) is 39.1 Å². The van der Waals surface area contributed by atoms with Crippen LogP contribution < -0.4 is 5.32 Å². The molecule has 2 rings (SSSR count). The molecule has 0 radical (unpaired) electrons. The van der Waals surface area contributed by atoms with Crippen molar-refractivity contribution in [1.82, 2.24) is 9.55 Å². The summed E-state index contributed by atoms with van der Waals surface area (Å²) in [5.74, 6) is 0.822. The summed E-state index contributed by atoms with van der Waals surface area (Å²) in [7, 11) is 0. The molecule has 0 saturated heterocycles. The van der Waals surface area contributed by atoms with E-state index in [-0.39, 0.29) is 0 Å². The third kappa shape index (κ3) is 4.46. The Bertz CT molecular complexity index is 601. The lowest BCUT2D eigenvalue weighted by atomic mass is 10.3. The summed E-state index contributed by atoms with van der Waals surface area (Å²) >= 11 is 9.57. The molecule has 21 heavy (non-hydrogen) atoms. The second kappa shape index (κ2) is 7.82. The molecule has 1 aromatic carbocycles. The Morgan fingerprint density at radius 3 is 2.95 bits per heavy atom. The molecule has 1 N–H and O–H groups in total. The van der Waals surface area contributed by atoms with Crippen LogP contribution in [0, 0.1) is 6.92 Å². The molecule has 0 fully saturated rings. The Morgan fingerprint density at radius 1 is 1.43 bits per heavy atom. The third-order valence-corrected chi connectivity index (χ3v) is 4.19. The second-order valence-electron chi connectivity index (χ2n) is 4.65. The van der Waals surface area contributed by atoms with Crippen LogP contribution in [-0.4, -0.2) is 29.3 Å². The molecular weight excluding hydrogens is 354 g/mol. The lowest BCUT2D eigenvalue weighted by molar-refractivity contribution is 0.147. The van der Waals surface area contributed by atoms with Gasteiger partial charge in [-0.05, 0) is 54.4 Å². The van der Waals surface area contributed by atoms with E-state index in [9.17, 15) is 0 Å². The van der Waals surface area contributed by atoms with Crippen molar-refractivity contribution in [2.75, 3.05) is 25.1 Å². The molecule has 0 aliphatic rings. The van der Waals surface area contributed by atoms with Crippen molar-refractivity contribution in [1.29, 1.82) is 0 Å². The average Bonchev–Trinajstić information content (AvgIpc) is 2.83. The fraction of sp³-hybridized carbons (Fsp3) is 0.400. The number of hydrogen-bond donors (Lipinski definition) is 1. The number of aryl methyl sites for hydroxylation is 1. The molecule has 0 bridgehead atoms. The first kappa shape index (κ1) is 16.3. The van der Waals surface area contributed by atoms with E-state index >= 15 is 0 Å². The molecule has 1 heterocycles. The van der Waals surface area contributed by atoms with Crippen LogP contribution in [-0.2, 0) is 4.74 Å². The fourth-order valence-electron chi connectivity index (χ4n) is 1.97. The lowest BCUT2D eigenvalue weighted by Crippen LogP contribution is -2.10. The Labute approximate surface area is 138 Å². The van der Waals surface area contributed by atoms with Gasteiger partial charge in [-0.1, -0.05) is 11.6 Å². The summed E-state index contributed by atoms with van der Waals surface area (Å²) in [6.07, 6.45) is 2.94. The van der Waals surface area contributed by atoms with Gasteiger partial charge in [0.25, 0.3) is 0 Å². The molecule has 0 unspecified atom stereocenters. The molecule has 1 aromatic heterocycles. The summed E-state index contributed by atoms with van der Waals surface area (Å²) < 4.78 is 8.22. The van der Waals surface area contributed by atoms with E-state index in [1.807, 2.05) is 42.8 Å². The highest BCUT2D eigenvalue weighted by molar-refractivity contribution is 9.10. The van der Waals surface area contributed by atoms with Crippen LogP contribution in [0.1, 0.15) is 19.0 Å². The van der Waals surface area contributed by atoms with Gasteiger partial charge in [0.15, 0.2) is 0 Å². The van der Waals surface area contributed by atoms with Crippen molar-refractivity contribution in [2.45, 2.75) is 20.3 Å². The Kier molecular flexibility index (Phi) is 6.08. The molecule has 0 spiro atoms. The summed E-state index contributed by atoms with van der Waals surface area (Å²) in [6.45, 7) is 6.31. The van der Waals surface area contributed by atoms with Crippen molar-refractivity contribution < 1.29 is 4.74 Å². The van der Waals surface area contributed by atoms with Gasteiger partial charge in [0.05, 0.1) is 16.4 Å². The maximum Gasteiger partial charge on any atom is 0.207 e. The van der Waals surface area contributed by atoms with E-state index in [4.69, 9.17) is 16.3 Å². The first-order valence-corrected chi connectivity index (χ1v) is 8.12. The van der Waals surface area contributed by atoms with E-state index in [1.165, 1.54) is 0 Å². The number of halogens is 2. The number of nitrogens with one attached hydrogen (secondary N) is 1. The van der Waals surface area contributed by atoms with Crippen LogP contribution in [0.3, 0.4) is 0 Å². The minimum atomic E-state index is 0.682. The maximum atomic E-state index is 6.17. The highest BCUT2D eigenvalue weighted by Gasteiger charge is 2.08. The molecule has 0 aliphatic heterocycles. The number of rotatable bonds is 7. The Balaban J connectivity index is 2.10. The summed E-state index contributed by atoms with van der Waals surface area (Å²) in [5, 5.41) is 4.02. The minimum Gasteiger partial charge on any atom is -0.382 e. The van der Waals surface area contributed by atoms with Crippen LogP contribution in [0.2, 0.25) is 5.02 Å². The number of imidazole rings is 1. The Hall–Kier alpha value is -1.04. The quantitative estimate of drug-likeness (QED) is 0.731. The highest BCUT2D eigenvalue weighted by Crippen LogP contribution is 2.26. The molecule has 0 amide bonds. The first-order valence-electron chi connectivity index (χ1n) is 6.95. The Morgan fingerprint density at radius 2 is 2.24 bits per heavy atom. The zero-order valence-corrected chi connectivity index (χ0v) is 14.5. The third-order valence-electron chi connectivity index (χ3n) is 2.96. The predicted molar refractivity (Wildman–Crippen MR) is 90.6 cm³/mol. The van der Waals surface area contributed by atoms with Crippen molar-refractivity contribution in [2.24, 2.45) is 0 Å². The van der Waals surface area contributed by atoms with Crippen LogP contribution >= 0.6 is 27.5 Å². The zero-order chi connectivity index (χ0) is 15.2. The minimum absolute atomic E-state index is 0.682. The molecule has 0 aliphatic carbocycles. The van der Waals surface area contributed by atoms with Crippen molar-refractivity contribution in [3.63, 3.8) is 0 Å². The van der Waals surface area contributed by atoms with Crippen molar-refractivity contribution in [3.05, 3.63) is 39.6 Å². The van der Waals surface area contributed by atoms with E-state index in [2.05, 4.69) is 26.2 Å². The van der Waals surface area contributed by atoms with Crippen LogP contribution in [0.25, 0.3) is 5.69 Å². The standard InChI is InChI=1S/C15H19BrClN3O/c1-3-21-8-4-7-18-15-19-11(2)10-20(15)12-5-6-13(16)14(17)9-12/h5-6,9-10H,3-4,7-8H2,1-2H3,(H,18,19). The van der Waals surface area contributed by atoms with Crippen LogP contribution in [0.5, 0.6) is 0 Å². The van der Waals surface area contributed by atoms with E-state index in [1.54, 1.807) is 0 Å². The largest absolute Gasteiger partial charge is 0.382 e. The molecule has 6 heteroatoms. The monoisotopic (exact) mass is 371 g/mol. The highest BCUT2D eigenvalue weighted by atomic mass is 79.9. The van der Waals surface area contributed by atoms with Gasteiger partial charge in [0.1, 0.15) is 0 Å². The summed E-state index contributed by atoms with van der Waals surface area (Å²) in [6, 6.07) is 5.85. The molecule has 4 nitrogen and oxygen atoms in total. The first-order chi connectivity index (χ1) is 10.1. The average molecular weight is 373 g/mol. The zero-order valence-electron chi connectivity index (χ0n) is 12.2. The van der Waals surface area contributed by atoms with Gasteiger partial charge in [-0.2, -0.15) is 0 Å². The summed E-state index contributed by atoms with van der Waals surface area (Å²) in [5.41, 5.74) is 1.94. The van der Waals surface area contributed by atoms with E-state index in [0.29, 0.717) is 5.02 Å². The van der Waals surface area contributed by atoms with Gasteiger partial charge in [0.2, 0.25) is 5.95 Å². The SMILES string of the molecule is CCOCCCNc1nc(C)cn1-c1ccc(Br)c(Cl)c1. The fourth-order valence-corrected chi connectivity index (χ4v) is 2.39. The van der Waals surface area contributed by atoms with Gasteiger partial charge in [-0.15, -0.1) is 0 Å². The van der Waals surface area contributed by atoms with E-state index < -0.39 is 0 Å². The number of anilines is 1. The number of aromatic nitrogens is 2.